The van der Waals surface area contributed by atoms with Crippen molar-refractivity contribution in [2.45, 2.75) is 19.6 Å². The monoisotopic (exact) mass is 484 g/mol. The summed E-state index contributed by atoms with van der Waals surface area (Å²) < 4.78 is 39.6. The van der Waals surface area contributed by atoms with Crippen LogP contribution in [0.4, 0.5) is 8.78 Å². The van der Waals surface area contributed by atoms with Crippen LogP contribution in [0.5, 0.6) is 0 Å². The minimum atomic E-state index is -1.54. The Morgan fingerprint density at radius 3 is 2.21 bits per heavy atom. The minimum Gasteiger partial charge on any atom is -0.384 e. The lowest BCUT2D eigenvalue weighted by molar-refractivity contribution is -0.133. The first kappa shape index (κ1) is 28.0. The molecule has 1 unspecified atom stereocenters. The highest BCUT2D eigenvalue weighted by molar-refractivity contribution is 5.95. The highest BCUT2D eigenvalue weighted by Gasteiger charge is 2.29. The summed E-state index contributed by atoms with van der Waals surface area (Å²) in [6.45, 7) is 2.12. The summed E-state index contributed by atoms with van der Waals surface area (Å²) in [7, 11) is 1.46. The fourth-order valence-corrected chi connectivity index (χ4v) is 2.88. The smallest absolute Gasteiger partial charge is 0.254 e. The zero-order valence-electron chi connectivity index (χ0n) is 18.2. The van der Waals surface area contributed by atoms with Crippen LogP contribution in [0.3, 0.4) is 0 Å². The molecule has 33 heavy (non-hydrogen) atoms. The van der Waals surface area contributed by atoms with E-state index >= 15 is 0 Å². The highest BCUT2D eigenvalue weighted by Crippen LogP contribution is 2.26. The van der Waals surface area contributed by atoms with Crippen molar-refractivity contribution < 1.29 is 27.8 Å². The van der Waals surface area contributed by atoms with Crippen LogP contribution in [0.1, 0.15) is 40.1 Å². The first-order valence-electron chi connectivity index (χ1n) is 9.87. The molecule has 0 bridgehead atoms. The van der Waals surface area contributed by atoms with Crippen molar-refractivity contribution in [1.82, 2.24) is 10.6 Å². The number of ether oxygens (including phenoxy) is 2. The average Bonchev–Trinajstić information content (AvgIpc) is 2.76. The quantitative estimate of drug-likeness (QED) is 0.221. The van der Waals surface area contributed by atoms with Crippen LogP contribution >= 0.6 is 12.4 Å². The molecule has 0 spiro atoms. The number of benzene rings is 2. The molecule has 1 atom stereocenters. The van der Waals surface area contributed by atoms with Gasteiger partial charge in [-0.3, -0.25) is 15.0 Å². The topological polar surface area (TPSA) is 127 Å². The van der Waals surface area contributed by atoms with Crippen molar-refractivity contribution in [3.05, 3.63) is 70.3 Å². The van der Waals surface area contributed by atoms with Gasteiger partial charge in [0.25, 0.3) is 11.8 Å². The Morgan fingerprint density at radius 1 is 1.09 bits per heavy atom. The fraction of sp³-hybridized carbons (Fsp3) is 0.318. The predicted molar refractivity (Wildman–Crippen MR) is 121 cm³/mol. The number of methoxy groups -OCH3 is 1. The van der Waals surface area contributed by atoms with Crippen molar-refractivity contribution in [3.8, 4) is 0 Å². The van der Waals surface area contributed by atoms with Crippen LogP contribution in [-0.4, -0.2) is 44.5 Å². The van der Waals surface area contributed by atoms with Crippen LogP contribution in [0, 0.1) is 17.0 Å². The molecule has 11 heteroatoms. The fourth-order valence-electron chi connectivity index (χ4n) is 2.88. The van der Waals surface area contributed by atoms with Gasteiger partial charge in [0.15, 0.2) is 6.10 Å². The largest absolute Gasteiger partial charge is 0.384 e. The van der Waals surface area contributed by atoms with Gasteiger partial charge in [-0.25, -0.2) is 8.78 Å². The molecule has 0 aromatic heterocycles. The van der Waals surface area contributed by atoms with E-state index in [1.807, 2.05) is 0 Å². The number of rotatable bonds is 11. The van der Waals surface area contributed by atoms with Crippen molar-refractivity contribution in [2.24, 2.45) is 5.73 Å². The molecule has 2 amide bonds. The predicted octanol–water partition coefficient (Wildman–Crippen LogP) is 2.44. The number of amides is 2. The van der Waals surface area contributed by atoms with Gasteiger partial charge >= 0.3 is 0 Å². The van der Waals surface area contributed by atoms with E-state index in [1.165, 1.54) is 7.11 Å². The number of halogens is 3. The summed E-state index contributed by atoms with van der Waals surface area (Å²) in [6, 6.07) is 8.32. The zero-order valence-corrected chi connectivity index (χ0v) is 19.1. The number of nitrogens with one attached hydrogen (secondary N) is 3. The van der Waals surface area contributed by atoms with E-state index in [4.69, 9.17) is 20.6 Å². The molecule has 0 aliphatic rings. The summed E-state index contributed by atoms with van der Waals surface area (Å²) in [5.41, 5.74) is 5.83. The van der Waals surface area contributed by atoms with E-state index < -0.39 is 35.1 Å². The molecule has 0 aliphatic carbocycles. The van der Waals surface area contributed by atoms with E-state index in [9.17, 15) is 18.4 Å². The summed E-state index contributed by atoms with van der Waals surface area (Å²) in [5.74, 6) is -3.63. The van der Waals surface area contributed by atoms with Crippen molar-refractivity contribution in [1.29, 1.82) is 5.41 Å². The maximum atomic E-state index is 14.7. The molecule has 2 aromatic rings. The van der Waals surface area contributed by atoms with Gasteiger partial charge in [-0.1, -0.05) is 24.3 Å². The Labute approximate surface area is 196 Å². The number of hydrogen-bond acceptors (Lipinski definition) is 5. The number of nitrogen functional groups attached to an aromatic ring is 1. The third-order valence-corrected chi connectivity index (χ3v) is 4.50. The summed E-state index contributed by atoms with van der Waals surface area (Å²) in [4.78, 5) is 24.7. The van der Waals surface area contributed by atoms with Gasteiger partial charge in [0.05, 0.1) is 12.2 Å². The number of hydrogen-bond donors (Lipinski definition) is 4. The second kappa shape index (κ2) is 13.5. The molecule has 0 aliphatic heterocycles. The number of carbonyl (C=O) groups is 2. The molecule has 2 rings (SSSR count). The van der Waals surface area contributed by atoms with Crippen molar-refractivity contribution in [3.63, 3.8) is 0 Å². The van der Waals surface area contributed by atoms with E-state index in [0.29, 0.717) is 11.1 Å². The lowest BCUT2D eigenvalue weighted by atomic mass is 10.0. The van der Waals surface area contributed by atoms with Gasteiger partial charge < -0.3 is 25.8 Å². The third kappa shape index (κ3) is 7.77. The number of amidine groups is 1. The average molecular weight is 485 g/mol. The van der Waals surface area contributed by atoms with Crippen molar-refractivity contribution in [2.75, 3.05) is 26.9 Å². The molecular formula is C22H27ClF2N4O4. The number of nitrogens with two attached hydrogens (primary N) is 1. The molecule has 8 nitrogen and oxygen atoms in total. The van der Waals surface area contributed by atoms with Gasteiger partial charge in [-0.2, -0.15) is 0 Å². The Hall–Kier alpha value is -3.08. The third-order valence-electron chi connectivity index (χ3n) is 4.50. The van der Waals surface area contributed by atoms with E-state index in [0.717, 1.165) is 12.1 Å². The Kier molecular flexibility index (Phi) is 11.4. The summed E-state index contributed by atoms with van der Waals surface area (Å²) in [6.07, 6.45) is -1.54. The Morgan fingerprint density at radius 2 is 1.70 bits per heavy atom. The lowest BCUT2D eigenvalue weighted by Crippen LogP contribution is -2.32. The second-order valence-electron chi connectivity index (χ2n) is 6.77. The van der Waals surface area contributed by atoms with E-state index in [2.05, 4.69) is 10.6 Å². The standard InChI is InChI=1S/C22H26F2N4O4.ClH/c1-3-32-19(22(30)28-12-13-4-6-14(7-5-13)20(25)26)18-16(23)10-15(11-17(18)24)21(29)27-8-9-31-2;/h4-7,10-11,19H,3,8-9,12H2,1-2H3,(H3,25,26)(H,27,29)(H,28,30);1H. The highest BCUT2D eigenvalue weighted by atomic mass is 35.5. The molecule has 0 radical (unpaired) electrons. The Balaban J connectivity index is 0.00000544. The van der Waals surface area contributed by atoms with Crippen LogP contribution in [0.25, 0.3) is 0 Å². The molecule has 0 saturated heterocycles. The van der Waals surface area contributed by atoms with Crippen LogP contribution in [-0.2, 0) is 20.8 Å². The maximum absolute atomic E-state index is 14.7. The molecule has 0 fully saturated rings. The van der Waals surface area contributed by atoms with E-state index in [-0.39, 0.29) is 50.1 Å². The first-order valence-corrected chi connectivity index (χ1v) is 9.87. The van der Waals surface area contributed by atoms with Crippen molar-refractivity contribution >= 4 is 30.1 Å². The van der Waals surface area contributed by atoms with Gasteiger partial charge in [0.2, 0.25) is 0 Å². The SMILES string of the molecule is CCOC(C(=O)NCc1ccc(C(=N)N)cc1)c1c(F)cc(C(=O)NCCOC)cc1F.Cl. The molecule has 0 saturated carbocycles. The van der Waals surface area contributed by atoms with E-state index in [1.54, 1.807) is 31.2 Å². The van der Waals surface area contributed by atoms with Gasteiger partial charge in [0.1, 0.15) is 17.5 Å². The Bertz CT molecular complexity index is 950. The molecule has 5 N–H and O–H groups in total. The molecule has 0 heterocycles. The van der Waals surface area contributed by atoms with Crippen LogP contribution in [0.15, 0.2) is 36.4 Å². The number of carbonyl (C=O) groups excluding carboxylic acids is 2. The molecule has 2 aromatic carbocycles. The lowest BCUT2D eigenvalue weighted by Gasteiger charge is -2.19. The first-order chi connectivity index (χ1) is 15.3. The van der Waals surface area contributed by atoms with Gasteiger partial charge in [0, 0.05) is 37.9 Å². The van der Waals surface area contributed by atoms with Crippen LogP contribution in [0.2, 0.25) is 0 Å². The van der Waals surface area contributed by atoms with Gasteiger partial charge in [-0.15, -0.1) is 12.4 Å². The summed E-state index contributed by atoms with van der Waals surface area (Å²) in [5, 5.41) is 12.4. The minimum absolute atomic E-state index is 0. The summed E-state index contributed by atoms with van der Waals surface area (Å²) >= 11 is 0. The maximum Gasteiger partial charge on any atom is 0.254 e. The molecular weight excluding hydrogens is 458 g/mol. The normalized spacial score (nSPS) is 11.3. The molecule has 180 valence electrons. The van der Waals surface area contributed by atoms with Gasteiger partial charge in [-0.05, 0) is 24.6 Å². The zero-order chi connectivity index (χ0) is 23.7. The van der Waals surface area contributed by atoms with Crippen LogP contribution < -0.4 is 16.4 Å². The second-order valence-corrected chi connectivity index (χ2v) is 6.77.